The van der Waals surface area contributed by atoms with E-state index in [2.05, 4.69) is 26.2 Å². The molecule has 2 amide bonds. The van der Waals surface area contributed by atoms with Gasteiger partial charge in [-0.1, -0.05) is 27.5 Å². The Morgan fingerprint density at radius 3 is 2.87 bits per heavy atom. The molecule has 0 fully saturated rings. The first-order chi connectivity index (χ1) is 7.08. The Bertz CT molecular complexity index is 461. The number of carbonyl (C=O) groups is 1. The van der Waals surface area contributed by atoms with Crippen molar-refractivity contribution < 1.29 is 4.79 Å². The number of nitrogens with one attached hydrogen (secondary N) is 1. The van der Waals surface area contributed by atoms with E-state index in [4.69, 9.17) is 17.3 Å². The lowest BCUT2D eigenvalue weighted by molar-refractivity contribution is 0.250. The van der Waals surface area contributed by atoms with Crippen molar-refractivity contribution >= 4 is 39.4 Å². The van der Waals surface area contributed by atoms with Gasteiger partial charge in [-0.3, -0.25) is 0 Å². The minimum Gasteiger partial charge on any atom is -0.385 e. The van der Waals surface area contributed by atoms with Gasteiger partial charge in [0.2, 0.25) is 0 Å². The molecule has 15 heavy (non-hydrogen) atoms. The summed E-state index contributed by atoms with van der Waals surface area (Å²) in [4.78, 5) is 14.6. The third kappa shape index (κ3) is 1.98. The first kappa shape index (κ1) is 10.4. The van der Waals surface area contributed by atoms with Gasteiger partial charge in [0.25, 0.3) is 0 Å². The van der Waals surface area contributed by atoms with Gasteiger partial charge in [0.05, 0.1) is 0 Å². The van der Waals surface area contributed by atoms with Gasteiger partial charge in [0.15, 0.2) is 0 Å². The number of urea groups is 1. The van der Waals surface area contributed by atoms with Crippen LogP contribution in [0.1, 0.15) is 11.6 Å². The zero-order valence-corrected chi connectivity index (χ0v) is 9.84. The molecule has 0 aromatic heterocycles. The van der Waals surface area contributed by atoms with Crippen molar-refractivity contribution in [2.75, 3.05) is 0 Å². The molecule has 0 saturated carbocycles. The molecular formula is C9H7BrClN3O. The molecule has 1 aliphatic heterocycles. The number of amides is 2. The van der Waals surface area contributed by atoms with Gasteiger partial charge in [-0.2, -0.15) is 4.99 Å². The van der Waals surface area contributed by atoms with Gasteiger partial charge < -0.3 is 11.1 Å². The highest BCUT2D eigenvalue weighted by Gasteiger charge is 2.26. The van der Waals surface area contributed by atoms with Gasteiger partial charge in [0, 0.05) is 15.1 Å². The molecule has 1 unspecified atom stereocenters. The predicted molar refractivity (Wildman–Crippen MR) is 62.0 cm³/mol. The van der Waals surface area contributed by atoms with E-state index in [1.165, 1.54) is 0 Å². The zero-order chi connectivity index (χ0) is 11.0. The highest BCUT2D eigenvalue weighted by Crippen LogP contribution is 2.28. The molecule has 1 aliphatic rings. The molecule has 0 spiro atoms. The average molecular weight is 289 g/mol. The van der Waals surface area contributed by atoms with Gasteiger partial charge in [-0.05, 0) is 18.2 Å². The molecule has 1 aromatic carbocycles. The normalized spacial score (nSPS) is 20.0. The monoisotopic (exact) mass is 287 g/mol. The van der Waals surface area contributed by atoms with Crippen LogP contribution in [0.4, 0.5) is 4.79 Å². The number of benzene rings is 1. The number of hydrogen-bond acceptors (Lipinski definition) is 2. The van der Waals surface area contributed by atoms with E-state index in [9.17, 15) is 4.79 Å². The fourth-order valence-corrected chi connectivity index (χ4v) is 1.99. The quantitative estimate of drug-likeness (QED) is 0.832. The molecule has 78 valence electrons. The van der Waals surface area contributed by atoms with E-state index >= 15 is 0 Å². The van der Waals surface area contributed by atoms with E-state index in [0.717, 1.165) is 10.0 Å². The highest BCUT2D eigenvalue weighted by molar-refractivity contribution is 9.10. The Labute approximate surface area is 99.6 Å². The molecule has 1 aromatic rings. The topological polar surface area (TPSA) is 67.5 Å². The highest BCUT2D eigenvalue weighted by atomic mass is 79.9. The molecule has 0 aliphatic carbocycles. The van der Waals surface area contributed by atoms with Crippen LogP contribution >= 0.6 is 27.5 Å². The van der Waals surface area contributed by atoms with Crippen molar-refractivity contribution in [1.29, 1.82) is 0 Å². The molecule has 1 heterocycles. The Kier molecular flexibility index (Phi) is 2.67. The van der Waals surface area contributed by atoms with Gasteiger partial charge >= 0.3 is 6.03 Å². The molecular weight excluding hydrogens is 281 g/mol. The van der Waals surface area contributed by atoms with E-state index in [-0.39, 0.29) is 5.84 Å². The largest absolute Gasteiger partial charge is 0.385 e. The molecule has 2 rings (SSSR count). The molecule has 0 bridgehead atoms. The molecule has 4 nitrogen and oxygen atoms in total. The Balaban J connectivity index is 2.42. The van der Waals surface area contributed by atoms with E-state index in [0.29, 0.717) is 5.02 Å². The summed E-state index contributed by atoms with van der Waals surface area (Å²) in [5, 5.41) is 3.16. The van der Waals surface area contributed by atoms with Crippen molar-refractivity contribution in [1.82, 2.24) is 5.32 Å². The summed E-state index contributed by atoms with van der Waals surface area (Å²) in [5.74, 6) is 0.236. The summed E-state index contributed by atoms with van der Waals surface area (Å²) >= 11 is 9.33. The fraction of sp³-hybridized carbons (Fsp3) is 0.111. The first-order valence-corrected chi connectivity index (χ1v) is 5.34. The molecule has 6 heteroatoms. The van der Waals surface area contributed by atoms with Crippen molar-refractivity contribution in [3.8, 4) is 0 Å². The summed E-state index contributed by atoms with van der Waals surface area (Å²) < 4.78 is 0.871. The minimum atomic E-state index is -0.437. The molecule has 1 atom stereocenters. The predicted octanol–water partition coefficient (Wildman–Crippen LogP) is 2.22. The fourth-order valence-electron chi connectivity index (χ4n) is 1.38. The maximum absolute atomic E-state index is 11.0. The van der Waals surface area contributed by atoms with Crippen LogP contribution in [-0.4, -0.2) is 11.9 Å². The van der Waals surface area contributed by atoms with Crippen molar-refractivity contribution in [3.05, 3.63) is 33.3 Å². The Morgan fingerprint density at radius 2 is 2.27 bits per heavy atom. The summed E-state index contributed by atoms with van der Waals surface area (Å²) in [6.07, 6.45) is 0. The third-order valence-corrected chi connectivity index (χ3v) is 2.90. The number of amidine groups is 1. The second-order valence-electron chi connectivity index (χ2n) is 3.09. The lowest BCUT2D eigenvalue weighted by atomic mass is 10.1. The zero-order valence-electron chi connectivity index (χ0n) is 7.50. The van der Waals surface area contributed by atoms with Gasteiger partial charge in [0.1, 0.15) is 11.9 Å². The lowest BCUT2D eigenvalue weighted by Gasteiger charge is -2.12. The summed E-state index contributed by atoms with van der Waals surface area (Å²) in [6, 6.07) is 4.49. The number of nitrogens with zero attached hydrogens (tertiary/aromatic N) is 1. The van der Waals surface area contributed by atoms with Crippen LogP contribution in [-0.2, 0) is 0 Å². The van der Waals surface area contributed by atoms with Crippen LogP contribution in [0, 0.1) is 0 Å². The van der Waals surface area contributed by atoms with Gasteiger partial charge in [-0.15, -0.1) is 0 Å². The standard InChI is InChI=1S/C9H7BrClN3O/c10-4-1-2-6(11)5(3-4)7-8(12)14-9(15)13-7/h1-3,7H,(H3,12,13,14,15). The van der Waals surface area contributed by atoms with Crippen LogP contribution in [0.25, 0.3) is 0 Å². The van der Waals surface area contributed by atoms with Crippen molar-refractivity contribution in [2.24, 2.45) is 10.7 Å². The number of rotatable bonds is 1. The lowest BCUT2D eigenvalue weighted by Crippen LogP contribution is -2.28. The van der Waals surface area contributed by atoms with Gasteiger partial charge in [-0.25, -0.2) is 4.79 Å². The maximum Gasteiger partial charge on any atom is 0.343 e. The average Bonchev–Trinajstić information content (AvgIpc) is 2.50. The van der Waals surface area contributed by atoms with Crippen molar-refractivity contribution in [2.45, 2.75) is 6.04 Å². The molecule has 3 N–H and O–H groups in total. The van der Waals surface area contributed by atoms with Crippen molar-refractivity contribution in [3.63, 3.8) is 0 Å². The number of nitrogens with two attached hydrogens (primary N) is 1. The smallest absolute Gasteiger partial charge is 0.343 e. The molecule has 0 radical (unpaired) electrons. The maximum atomic E-state index is 11.0. The van der Waals surface area contributed by atoms with Crippen LogP contribution in [0.3, 0.4) is 0 Å². The number of aliphatic imine (C=N–C) groups is 1. The summed E-state index contributed by atoms with van der Waals surface area (Å²) in [7, 11) is 0. The first-order valence-electron chi connectivity index (χ1n) is 4.17. The van der Waals surface area contributed by atoms with Crippen LogP contribution in [0.2, 0.25) is 5.02 Å². The second kappa shape index (κ2) is 3.83. The van der Waals surface area contributed by atoms with E-state index < -0.39 is 12.1 Å². The van der Waals surface area contributed by atoms with Crippen LogP contribution < -0.4 is 11.1 Å². The summed E-state index contributed by atoms with van der Waals surface area (Å²) in [5.41, 5.74) is 6.35. The number of halogens is 2. The number of hydrogen-bond donors (Lipinski definition) is 2. The van der Waals surface area contributed by atoms with Crippen LogP contribution in [0.5, 0.6) is 0 Å². The minimum absolute atomic E-state index is 0.236. The van der Waals surface area contributed by atoms with E-state index in [1.54, 1.807) is 12.1 Å². The third-order valence-electron chi connectivity index (χ3n) is 2.06. The Morgan fingerprint density at radius 1 is 1.53 bits per heavy atom. The number of carbonyl (C=O) groups excluding carboxylic acids is 1. The molecule has 0 saturated heterocycles. The van der Waals surface area contributed by atoms with E-state index in [1.807, 2.05) is 6.07 Å². The second-order valence-corrected chi connectivity index (χ2v) is 4.41. The Hall–Kier alpha value is -1.07. The van der Waals surface area contributed by atoms with Crippen LogP contribution in [0.15, 0.2) is 27.7 Å². The SMILES string of the molecule is NC1=NC(=O)NC1c1cc(Br)ccc1Cl. The summed E-state index contributed by atoms with van der Waals surface area (Å²) in [6.45, 7) is 0.